The van der Waals surface area contributed by atoms with Crippen LogP contribution in [0.3, 0.4) is 0 Å². The van der Waals surface area contributed by atoms with Crippen molar-refractivity contribution in [3.63, 3.8) is 0 Å². The second-order valence-corrected chi connectivity index (χ2v) is 8.97. The van der Waals surface area contributed by atoms with E-state index in [9.17, 15) is 18.0 Å². The predicted octanol–water partition coefficient (Wildman–Crippen LogP) is 3.50. The third-order valence-corrected chi connectivity index (χ3v) is 7.03. The normalized spacial score (nSPS) is 13.3. The molecule has 0 saturated carbocycles. The maximum atomic E-state index is 13.0. The van der Waals surface area contributed by atoms with E-state index in [-0.39, 0.29) is 5.91 Å². The number of carbonyl (C=O) groups is 1. The fourth-order valence-corrected chi connectivity index (χ4v) is 4.62. The number of hydrogen-bond acceptors (Lipinski definition) is 3. The summed E-state index contributed by atoms with van der Waals surface area (Å²) in [6.45, 7) is 3.44. The Balaban J connectivity index is 2.25. The van der Waals surface area contributed by atoms with Crippen LogP contribution in [0.5, 0.6) is 0 Å². The predicted molar refractivity (Wildman–Crippen MR) is 99.3 cm³/mol. The molecule has 1 aromatic heterocycles. The Kier molecular flexibility index (Phi) is 7.03. The molecule has 4 nitrogen and oxygen atoms in total. The van der Waals surface area contributed by atoms with E-state index in [1.807, 2.05) is 30.3 Å². The first kappa shape index (κ1) is 21.4. The number of benzene rings is 1. The number of hydrogen-bond donors (Lipinski definition) is 1. The SMILES string of the molecule is Cc1cnccc1NC(=O)C([Se]c1ccccc1)C(C)(C)OCC(F)(F)F. The average molecular weight is 445 g/mol. The standard InChI is InChI=1S/C19H21F3N2O2Se/c1-13-11-23-10-9-15(13)24-17(25)16(27-14-7-5-4-6-8-14)18(2,3)26-12-19(20,21)22/h4-11,16H,12H2,1-3H3,(H,23,24,25). The molecule has 0 bridgehead atoms. The monoisotopic (exact) mass is 446 g/mol. The number of nitrogens with one attached hydrogen (secondary N) is 1. The number of anilines is 1. The Morgan fingerprint density at radius 3 is 2.48 bits per heavy atom. The van der Waals surface area contributed by atoms with Crippen LogP contribution < -0.4 is 9.78 Å². The van der Waals surface area contributed by atoms with Crippen LogP contribution in [0.1, 0.15) is 19.4 Å². The number of rotatable bonds is 7. The van der Waals surface area contributed by atoms with E-state index in [2.05, 4.69) is 10.3 Å². The summed E-state index contributed by atoms with van der Waals surface area (Å²) in [5.74, 6) is -0.375. The number of halogens is 3. The van der Waals surface area contributed by atoms with Crippen LogP contribution in [0.25, 0.3) is 0 Å². The maximum absolute atomic E-state index is 13.0. The first-order valence-corrected chi connectivity index (χ1v) is 10.1. The summed E-state index contributed by atoms with van der Waals surface area (Å²) in [7, 11) is 0. The third kappa shape index (κ3) is 6.65. The zero-order valence-corrected chi connectivity index (χ0v) is 16.9. The van der Waals surface area contributed by atoms with Gasteiger partial charge >= 0.3 is 162 Å². The number of amides is 1. The molecular weight excluding hydrogens is 424 g/mol. The number of aromatic nitrogens is 1. The van der Waals surface area contributed by atoms with Crippen LogP contribution in [-0.2, 0) is 9.53 Å². The van der Waals surface area contributed by atoms with Crippen molar-refractivity contribution in [3.8, 4) is 0 Å². The number of ether oxygens (including phenoxy) is 1. The molecule has 0 saturated heterocycles. The second kappa shape index (κ2) is 8.87. The van der Waals surface area contributed by atoms with Gasteiger partial charge in [-0.15, -0.1) is 0 Å². The van der Waals surface area contributed by atoms with E-state index in [0.717, 1.165) is 10.0 Å². The topological polar surface area (TPSA) is 51.2 Å². The van der Waals surface area contributed by atoms with E-state index in [1.54, 1.807) is 25.4 Å². The number of aryl methyl sites for hydroxylation is 1. The Labute approximate surface area is 162 Å². The fourth-order valence-electron chi connectivity index (χ4n) is 2.30. The molecule has 0 aliphatic heterocycles. The number of carbonyl (C=O) groups excluding carboxylic acids is 1. The Hall–Kier alpha value is -1.89. The molecule has 1 unspecified atom stereocenters. The molecule has 1 aromatic carbocycles. The van der Waals surface area contributed by atoms with E-state index in [0.29, 0.717) is 5.69 Å². The van der Waals surface area contributed by atoms with E-state index < -0.39 is 38.2 Å². The van der Waals surface area contributed by atoms with Crippen LogP contribution in [0, 0.1) is 6.92 Å². The van der Waals surface area contributed by atoms with Crippen molar-refractivity contribution in [1.82, 2.24) is 4.98 Å². The quantitative estimate of drug-likeness (QED) is 0.664. The Morgan fingerprint density at radius 2 is 1.89 bits per heavy atom. The fraction of sp³-hybridized carbons (Fsp3) is 0.368. The van der Waals surface area contributed by atoms with Crippen molar-refractivity contribution >= 4 is 31.0 Å². The summed E-state index contributed by atoms with van der Waals surface area (Å²) in [4.78, 5) is 16.2. The van der Waals surface area contributed by atoms with Crippen molar-refractivity contribution < 1.29 is 22.7 Å². The van der Waals surface area contributed by atoms with Gasteiger partial charge in [-0.05, 0) is 0 Å². The van der Waals surface area contributed by atoms with Crippen LogP contribution >= 0.6 is 0 Å². The summed E-state index contributed by atoms with van der Waals surface area (Å²) >= 11 is -0.429. The molecule has 0 spiro atoms. The van der Waals surface area contributed by atoms with Crippen molar-refractivity contribution in [2.75, 3.05) is 11.9 Å². The van der Waals surface area contributed by atoms with Gasteiger partial charge in [0.05, 0.1) is 0 Å². The molecule has 1 heterocycles. The Morgan fingerprint density at radius 1 is 1.22 bits per heavy atom. The zero-order chi connectivity index (χ0) is 20.1. The van der Waals surface area contributed by atoms with Gasteiger partial charge in [-0.2, -0.15) is 0 Å². The first-order chi connectivity index (χ1) is 12.6. The number of pyridine rings is 1. The van der Waals surface area contributed by atoms with Crippen LogP contribution in [0.4, 0.5) is 18.9 Å². The van der Waals surface area contributed by atoms with Gasteiger partial charge in [0.1, 0.15) is 0 Å². The van der Waals surface area contributed by atoms with E-state index in [1.165, 1.54) is 13.8 Å². The molecule has 2 aromatic rings. The van der Waals surface area contributed by atoms with Gasteiger partial charge < -0.3 is 0 Å². The number of nitrogens with zero attached hydrogens (tertiary/aromatic N) is 1. The molecule has 1 N–H and O–H groups in total. The summed E-state index contributed by atoms with van der Waals surface area (Å²) in [5.41, 5.74) is 0.0532. The van der Waals surface area contributed by atoms with E-state index >= 15 is 0 Å². The molecule has 0 aliphatic rings. The molecule has 8 heteroatoms. The number of alkyl halides is 3. The van der Waals surface area contributed by atoms with Gasteiger partial charge in [-0.1, -0.05) is 0 Å². The van der Waals surface area contributed by atoms with Crippen molar-refractivity contribution in [2.45, 2.75) is 37.4 Å². The molecule has 27 heavy (non-hydrogen) atoms. The molecular formula is C19H21F3N2O2Se. The van der Waals surface area contributed by atoms with Gasteiger partial charge in [0, 0.05) is 0 Å². The minimum atomic E-state index is -4.46. The third-order valence-electron chi connectivity index (χ3n) is 3.75. The molecule has 2 rings (SSSR count). The van der Waals surface area contributed by atoms with Crippen molar-refractivity contribution in [1.29, 1.82) is 0 Å². The van der Waals surface area contributed by atoms with Gasteiger partial charge in [0.2, 0.25) is 0 Å². The molecule has 146 valence electrons. The summed E-state index contributed by atoms with van der Waals surface area (Å²) in [6, 6.07) is 10.9. The van der Waals surface area contributed by atoms with Gasteiger partial charge in [0.15, 0.2) is 0 Å². The molecule has 0 fully saturated rings. The molecule has 0 aliphatic carbocycles. The minimum absolute atomic E-state index is 0.375. The van der Waals surface area contributed by atoms with Gasteiger partial charge in [-0.25, -0.2) is 0 Å². The average Bonchev–Trinajstić information content (AvgIpc) is 2.60. The zero-order valence-electron chi connectivity index (χ0n) is 15.2. The molecule has 0 radical (unpaired) electrons. The first-order valence-electron chi connectivity index (χ1n) is 8.22. The van der Waals surface area contributed by atoms with Gasteiger partial charge in [0.25, 0.3) is 0 Å². The van der Waals surface area contributed by atoms with Crippen LogP contribution in [0.2, 0.25) is 4.82 Å². The summed E-state index contributed by atoms with van der Waals surface area (Å²) < 4.78 is 44.0. The van der Waals surface area contributed by atoms with Crippen molar-refractivity contribution in [2.24, 2.45) is 0 Å². The molecule has 1 amide bonds. The van der Waals surface area contributed by atoms with Gasteiger partial charge in [-0.3, -0.25) is 0 Å². The Bertz CT molecular complexity index is 767. The summed E-state index contributed by atoms with van der Waals surface area (Å²) in [6.07, 6.45) is -1.30. The van der Waals surface area contributed by atoms with Crippen molar-refractivity contribution in [3.05, 3.63) is 54.4 Å². The van der Waals surface area contributed by atoms with Crippen LogP contribution in [-0.4, -0.2) is 44.2 Å². The van der Waals surface area contributed by atoms with E-state index in [4.69, 9.17) is 4.74 Å². The van der Waals surface area contributed by atoms with Crippen LogP contribution in [0.15, 0.2) is 48.8 Å². The summed E-state index contributed by atoms with van der Waals surface area (Å²) in [5, 5.41) is 2.81. The molecule has 1 atom stereocenters. The second-order valence-electron chi connectivity index (χ2n) is 6.50.